The van der Waals surface area contributed by atoms with Crippen molar-refractivity contribution in [2.24, 2.45) is 0 Å². The van der Waals surface area contributed by atoms with Crippen molar-refractivity contribution in [2.75, 3.05) is 5.32 Å². The van der Waals surface area contributed by atoms with E-state index in [1.54, 1.807) is 19.1 Å². The van der Waals surface area contributed by atoms with Crippen LogP contribution in [0.2, 0.25) is 5.02 Å². The molecule has 2 rings (SSSR count). The number of hydrogen-bond donors (Lipinski definition) is 2. The summed E-state index contributed by atoms with van der Waals surface area (Å²) < 4.78 is 1.51. The highest BCUT2D eigenvalue weighted by molar-refractivity contribution is 8.00. The van der Waals surface area contributed by atoms with Gasteiger partial charge in [-0.15, -0.1) is 5.10 Å². The monoisotopic (exact) mass is 365 g/mol. The van der Waals surface area contributed by atoms with Crippen molar-refractivity contribution in [2.45, 2.75) is 37.2 Å². The quantitative estimate of drug-likeness (QED) is 0.766. The third-order valence-electron chi connectivity index (χ3n) is 3.18. The molecule has 9 heteroatoms. The second-order valence-corrected chi connectivity index (χ2v) is 6.73. The van der Waals surface area contributed by atoms with Crippen LogP contribution < -0.4 is 11.0 Å². The third-order valence-corrected chi connectivity index (χ3v) is 4.58. The van der Waals surface area contributed by atoms with Gasteiger partial charge >= 0.3 is 5.69 Å². The van der Waals surface area contributed by atoms with Gasteiger partial charge in [-0.3, -0.25) is 9.36 Å². The van der Waals surface area contributed by atoms with Crippen molar-refractivity contribution in [3.05, 3.63) is 39.3 Å². The zero-order chi connectivity index (χ0) is 17.7. The number of amides is 1. The Balaban J connectivity index is 2.06. The molecule has 2 aromatic rings. The number of carbonyl (C=O) groups is 1. The van der Waals surface area contributed by atoms with Crippen molar-refractivity contribution in [3.8, 4) is 6.07 Å². The van der Waals surface area contributed by atoms with Crippen molar-refractivity contribution in [1.29, 1.82) is 5.26 Å². The minimum Gasteiger partial charge on any atom is -0.325 e. The molecule has 0 aliphatic rings. The summed E-state index contributed by atoms with van der Waals surface area (Å²) in [5, 5.41) is 18.2. The number of nitriles is 1. The van der Waals surface area contributed by atoms with E-state index < -0.39 is 5.25 Å². The number of anilines is 1. The third kappa shape index (κ3) is 4.19. The van der Waals surface area contributed by atoms with Crippen molar-refractivity contribution < 1.29 is 4.79 Å². The van der Waals surface area contributed by atoms with Gasteiger partial charge in [0.05, 0.1) is 15.8 Å². The fraction of sp³-hybridized carbons (Fsp3) is 0.333. The largest absolute Gasteiger partial charge is 0.343 e. The number of H-pyrrole nitrogens is 1. The molecule has 1 aromatic carbocycles. The summed E-state index contributed by atoms with van der Waals surface area (Å²) in [6.45, 7) is 4.22. The van der Waals surface area contributed by atoms with Gasteiger partial charge < -0.3 is 5.32 Å². The Kier molecular flexibility index (Phi) is 6.06. The summed E-state index contributed by atoms with van der Waals surface area (Å²) in [5.41, 5.74) is 0.562. The van der Waals surface area contributed by atoms with E-state index in [-0.39, 0.29) is 16.6 Å². The molecular formula is C15H16ClN5O2S. The maximum absolute atomic E-state index is 12.3. The average Bonchev–Trinajstić information content (AvgIpc) is 2.88. The summed E-state index contributed by atoms with van der Waals surface area (Å²) >= 11 is 7.14. The Morgan fingerprint density at radius 2 is 2.33 bits per heavy atom. The number of aromatic nitrogens is 3. The standard InChI is InChI=1S/C15H16ClN5O2S/c1-3-6-21-14(23)19-20-15(21)24-9(2)13(22)18-11-5-4-10(8-17)12(16)7-11/h4-5,7,9H,3,6H2,1-2H3,(H,18,22)(H,19,23)/t9-/m1/s1. The molecule has 1 heterocycles. The summed E-state index contributed by atoms with van der Waals surface area (Å²) in [7, 11) is 0. The van der Waals surface area contributed by atoms with Crippen LogP contribution in [0.3, 0.4) is 0 Å². The number of thioether (sulfide) groups is 1. The van der Waals surface area contributed by atoms with Crippen LogP contribution >= 0.6 is 23.4 Å². The molecule has 1 amide bonds. The lowest BCUT2D eigenvalue weighted by atomic mass is 10.2. The van der Waals surface area contributed by atoms with Crippen LogP contribution in [0.25, 0.3) is 0 Å². The minimum atomic E-state index is -0.467. The van der Waals surface area contributed by atoms with E-state index in [2.05, 4.69) is 15.5 Å². The van der Waals surface area contributed by atoms with Gasteiger partial charge in [-0.25, -0.2) is 9.89 Å². The maximum Gasteiger partial charge on any atom is 0.343 e. The Morgan fingerprint density at radius 1 is 1.58 bits per heavy atom. The molecule has 0 unspecified atom stereocenters. The molecular weight excluding hydrogens is 350 g/mol. The van der Waals surface area contributed by atoms with E-state index in [4.69, 9.17) is 16.9 Å². The lowest BCUT2D eigenvalue weighted by Gasteiger charge is -2.12. The highest BCUT2D eigenvalue weighted by atomic mass is 35.5. The van der Waals surface area contributed by atoms with Crippen LogP contribution in [0.15, 0.2) is 28.2 Å². The SMILES string of the molecule is CCCn1c(S[C@H](C)C(=O)Nc2ccc(C#N)c(Cl)c2)n[nH]c1=O. The first-order chi connectivity index (χ1) is 11.5. The van der Waals surface area contributed by atoms with Crippen molar-refractivity contribution in [1.82, 2.24) is 14.8 Å². The molecule has 0 aliphatic carbocycles. The Labute approximate surface area is 148 Å². The summed E-state index contributed by atoms with van der Waals surface area (Å²) in [6.07, 6.45) is 0.789. The maximum atomic E-state index is 12.3. The fourth-order valence-electron chi connectivity index (χ4n) is 1.95. The van der Waals surface area contributed by atoms with Crippen LogP contribution in [0.5, 0.6) is 0 Å². The predicted molar refractivity (Wildman–Crippen MR) is 93.3 cm³/mol. The Morgan fingerprint density at radius 3 is 2.96 bits per heavy atom. The van der Waals surface area contributed by atoms with Gasteiger partial charge in [-0.05, 0) is 31.5 Å². The number of carbonyl (C=O) groups excluding carboxylic acids is 1. The van der Waals surface area contributed by atoms with Gasteiger partial charge in [-0.2, -0.15) is 5.26 Å². The van der Waals surface area contributed by atoms with Gasteiger partial charge in [0.15, 0.2) is 5.16 Å². The lowest BCUT2D eigenvalue weighted by molar-refractivity contribution is -0.115. The second kappa shape index (κ2) is 8.04. The van der Waals surface area contributed by atoms with Gasteiger partial charge in [-0.1, -0.05) is 30.3 Å². The number of hydrogen-bond acceptors (Lipinski definition) is 5. The van der Waals surface area contributed by atoms with E-state index >= 15 is 0 Å². The molecule has 1 atom stereocenters. The molecule has 0 spiro atoms. The molecule has 2 N–H and O–H groups in total. The number of nitrogens with one attached hydrogen (secondary N) is 2. The topological polar surface area (TPSA) is 104 Å². The molecule has 0 bridgehead atoms. The fourth-order valence-corrected chi connectivity index (χ4v) is 3.06. The zero-order valence-corrected chi connectivity index (χ0v) is 14.7. The first kappa shape index (κ1) is 18.1. The van der Waals surface area contributed by atoms with Gasteiger partial charge in [0.1, 0.15) is 6.07 Å². The normalized spacial score (nSPS) is 11.8. The highest BCUT2D eigenvalue weighted by Crippen LogP contribution is 2.23. The zero-order valence-electron chi connectivity index (χ0n) is 13.2. The molecule has 0 fully saturated rings. The smallest absolute Gasteiger partial charge is 0.325 e. The molecule has 0 radical (unpaired) electrons. The van der Waals surface area contributed by atoms with Gasteiger partial charge in [0, 0.05) is 12.2 Å². The van der Waals surface area contributed by atoms with E-state index in [9.17, 15) is 9.59 Å². The number of rotatable bonds is 6. The van der Waals surface area contributed by atoms with Crippen LogP contribution in [0.1, 0.15) is 25.8 Å². The van der Waals surface area contributed by atoms with Gasteiger partial charge in [0.2, 0.25) is 5.91 Å². The molecule has 0 aliphatic heterocycles. The number of aromatic amines is 1. The summed E-state index contributed by atoms with van der Waals surface area (Å²) in [5.74, 6) is -0.251. The highest BCUT2D eigenvalue weighted by Gasteiger charge is 2.19. The van der Waals surface area contributed by atoms with Crippen LogP contribution in [0.4, 0.5) is 5.69 Å². The van der Waals surface area contributed by atoms with Gasteiger partial charge in [0.25, 0.3) is 0 Å². The van der Waals surface area contributed by atoms with Crippen molar-refractivity contribution >= 4 is 35.0 Å². The second-order valence-electron chi connectivity index (χ2n) is 5.02. The molecule has 1 aromatic heterocycles. The molecule has 24 heavy (non-hydrogen) atoms. The molecule has 126 valence electrons. The predicted octanol–water partition coefficient (Wildman–Crippen LogP) is 2.63. The first-order valence-corrected chi connectivity index (χ1v) is 8.54. The molecule has 7 nitrogen and oxygen atoms in total. The number of benzene rings is 1. The summed E-state index contributed by atoms with van der Waals surface area (Å²) in [4.78, 5) is 24.0. The Bertz CT molecular complexity index is 839. The van der Waals surface area contributed by atoms with E-state index in [1.807, 2.05) is 13.0 Å². The molecule has 0 saturated heterocycles. The average molecular weight is 366 g/mol. The van der Waals surface area contributed by atoms with Crippen LogP contribution in [0, 0.1) is 11.3 Å². The number of nitrogens with zero attached hydrogens (tertiary/aromatic N) is 3. The lowest BCUT2D eigenvalue weighted by Crippen LogP contribution is -2.24. The minimum absolute atomic E-state index is 0.251. The molecule has 0 saturated carbocycles. The van der Waals surface area contributed by atoms with E-state index in [1.165, 1.54) is 22.4 Å². The van der Waals surface area contributed by atoms with E-state index in [0.29, 0.717) is 23.0 Å². The van der Waals surface area contributed by atoms with Crippen LogP contribution in [-0.2, 0) is 11.3 Å². The number of halogens is 1. The van der Waals surface area contributed by atoms with Crippen LogP contribution in [-0.4, -0.2) is 25.9 Å². The van der Waals surface area contributed by atoms with Crippen molar-refractivity contribution in [3.63, 3.8) is 0 Å². The first-order valence-electron chi connectivity index (χ1n) is 7.28. The van der Waals surface area contributed by atoms with E-state index in [0.717, 1.165) is 6.42 Å². The Hall–Kier alpha value is -2.24. The summed E-state index contributed by atoms with van der Waals surface area (Å²) in [6, 6.07) is 6.64.